The van der Waals surface area contributed by atoms with Gasteiger partial charge in [0.25, 0.3) is 0 Å². The van der Waals surface area contributed by atoms with Gasteiger partial charge in [0.05, 0.1) is 22.4 Å². The van der Waals surface area contributed by atoms with Crippen molar-refractivity contribution in [1.82, 2.24) is 0 Å². The van der Waals surface area contributed by atoms with Crippen molar-refractivity contribution in [3.8, 4) is 6.19 Å². The Kier molecular flexibility index (Phi) is 2.77. The molecule has 0 radical (unpaired) electrons. The van der Waals surface area contributed by atoms with Crippen LogP contribution in [-0.2, 0) is 0 Å². The van der Waals surface area contributed by atoms with Crippen LogP contribution in [0.15, 0.2) is 65.1 Å². The molecule has 0 unspecified atom stereocenters. The highest BCUT2D eigenvalue weighted by molar-refractivity contribution is 6.07. The molecule has 0 aliphatic carbocycles. The standard InChI is InChI=1S/C20H12FN3O/c21-20-16(24-12-23(11-22)14-6-2-3-7-15(14)24)9-10-18-19(20)13-5-1-4-8-17(13)25-18/h1-10H,12H2. The van der Waals surface area contributed by atoms with Gasteiger partial charge in [-0.25, -0.2) is 4.39 Å². The van der Waals surface area contributed by atoms with E-state index in [1.165, 1.54) is 0 Å². The summed E-state index contributed by atoms with van der Waals surface area (Å²) in [5.41, 5.74) is 3.21. The summed E-state index contributed by atoms with van der Waals surface area (Å²) < 4.78 is 21.1. The number of benzene rings is 3. The molecule has 4 aromatic rings. The predicted octanol–water partition coefficient (Wildman–Crippen LogP) is 5.12. The highest BCUT2D eigenvalue weighted by Crippen LogP contribution is 2.43. The fourth-order valence-corrected chi connectivity index (χ4v) is 3.48. The number of hydrogen-bond donors (Lipinski definition) is 0. The zero-order valence-corrected chi connectivity index (χ0v) is 13.1. The van der Waals surface area contributed by atoms with Gasteiger partial charge in [-0.05, 0) is 30.3 Å². The second-order valence-corrected chi connectivity index (χ2v) is 5.96. The van der Waals surface area contributed by atoms with E-state index in [0.29, 0.717) is 22.2 Å². The third-order valence-corrected chi connectivity index (χ3v) is 4.62. The predicted molar refractivity (Wildman–Crippen MR) is 95.2 cm³/mol. The number of fused-ring (bicyclic) bond motifs is 4. The van der Waals surface area contributed by atoms with Crippen molar-refractivity contribution in [1.29, 1.82) is 5.26 Å². The quantitative estimate of drug-likeness (QED) is 0.455. The van der Waals surface area contributed by atoms with Gasteiger partial charge >= 0.3 is 0 Å². The lowest BCUT2D eigenvalue weighted by Gasteiger charge is -2.19. The van der Waals surface area contributed by atoms with Crippen LogP contribution in [0.4, 0.5) is 21.5 Å². The van der Waals surface area contributed by atoms with Gasteiger partial charge in [-0.1, -0.05) is 30.3 Å². The number of hydrogen-bond acceptors (Lipinski definition) is 4. The smallest absolute Gasteiger partial charge is 0.186 e. The van der Waals surface area contributed by atoms with Crippen LogP contribution in [0.25, 0.3) is 21.9 Å². The molecule has 0 saturated carbocycles. The Labute approximate surface area is 142 Å². The summed E-state index contributed by atoms with van der Waals surface area (Å²) in [5, 5.41) is 10.6. The highest BCUT2D eigenvalue weighted by Gasteiger charge is 2.29. The van der Waals surface area contributed by atoms with Crippen LogP contribution in [0.2, 0.25) is 0 Å². The molecular weight excluding hydrogens is 317 g/mol. The van der Waals surface area contributed by atoms with Crippen molar-refractivity contribution in [2.24, 2.45) is 0 Å². The molecule has 0 spiro atoms. The van der Waals surface area contributed by atoms with E-state index in [-0.39, 0.29) is 12.5 Å². The normalized spacial score (nSPS) is 13.4. The van der Waals surface area contributed by atoms with Crippen LogP contribution in [-0.4, -0.2) is 6.67 Å². The Balaban J connectivity index is 1.76. The molecule has 2 heterocycles. The molecule has 0 atom stereocenters. The number of nitrogens with zero attached hydrogens (tertiary/aromatic N) is 3. The van der Waals surface area contributed by atoms with Gasteiger partial charge in [-0.3, -0.25) is 4.90 Å². The summed E-state index contributed by atoms with van der Waals surface area (Å²) >= 11 is 0. The molecule has 1 aromatic heterocycles. The Morgan fingerprint density at radius 3 is 2.48 bits per heavy atom. The van der Waals surface area contributed by atoms with Gasteiger partial charge in [-0.15, -0.1) is 0 Å². The first kappa shape index (κ1) is 13.9. The van der Waals surface area contributed by atoms with E-state index in [1.807, 2.05) is 53.4 Å². The van der Waals surface area contributed by atoms with Crippen LogP contribution in [0.5, 0.6) is 0 Å². The lowest BCUT2D eigenvalue weighted by atomic mass is 10.1. The lowest BCUT2D eigenvalue weighted by molar-refractivity contribution is 0.632. The third kappa shape index (κ3) is 1.85. The average molecular weight is 329 g/mol. The van der Waals surface area contributed by atoms with E-state index in [2.05, 4.69) is 6.19 Å². The van der Waals surface area contributed by atoms with Crippen molar-refractivity contribution >= 4 is 39.0 Å². The first-order valence-corrected chi connectivity index (χ1v) is 7.91. The molecule has 3 aromatic carbocycles. The molecule has 5 rings (SSSR count). The molecule has 1 aliphatic heterocycles. The summed E-state index contributed by atoms with van der Waals surface area (Å²) in [6, 6.07) is 18.4. The summed E-state index contributed by atoms with van der Waals surface area (Å²) in [6.07, 6.45) is 2.15. The summed E-state index contributed by atoms with van der Waals surface area (Å²) in [7, 11) is 0. The van der Waals surface area contributed by atoms with Crippen LogP contribution < -0.4 is 9.80 Å². The largest absolute Gasteiger partial charge is 0.456 e. The molecule has 25 heavy (non-hydrogen) atoms. The van der Waals surface area contributed by atoms with Crippen LogP contribution in [0.1, 0.15) is 0 Å². The Morgan fingerprint density at radius 2 is 1.64 bits per heavy atom. The SMILES string of the molecule is N#CN1CN(c2ccc3oc4ccccc4c3c2F)c2ccccc21. The summed E-state index contributed by atoms with van der Waals surface area (Å²) in [5.74, 6) is -0.336. The minimum atomic E-state index is -0.336. The molecule has 0 fully saturated rings. The van der Waals surface area contributed by atoms with E-state index < -0.39 is 0 Å². The van der Waals surface area contributed by atoms with E-state index in [9.17, 15) is 5.26 Å². The fraction of sp³-hybridized carbons (Fsp3) is 0.0500. The molecule has 0 N–H and O–H groups in total. The zero-order valence-electron chi connectivity index (χ0n) is 13.1. The van der Waals surface area contributed by atoms with Crippen molar-refractivity contribution in [2.75, 3.05) is 16.5 Å². The van der Waals surface area contributed by atoms with Gasteiger partial charge in [0, 0.05) is 5.39 Å². The first-order chi connectivity index (χ1) is 12.3. The summed E-state index contributed by atoms with van der Waals surface area (Å²) in [4.78, 5) is 3.36. The molecule has 1 aliphatic rings. The molecule has 0 bridgehead atoms. The third-order valence-electron chi connectivity index (χ3n) is 4.62. The van der Waals surface area contributed by atoms with E-state index >= 15 is 4.39 Å². The molecule has 0 saturated heterocycles. The second kappa shape index (κ2) is 4.99. The van der Waals surface area contributed by atoms with E-state index in [0.717, 1.165) is 16.8 Å². The van der Waals surface area contributed by atoms with Gasteiger partial charge < -0.3 is 9.32 Å². The minimum Gasteiger partial charge on any atom is -0.456 e. The molecule has 0 amide bonds. The number of para-hydroxylation sites is 3. The molecular formula is C20H12FN3O. The Bertz CT molecular complexity index is 1170. The topological polar surface area (TPSA) is 43.4 Å². The van der Waals surface area contributed by atoms with Crippen LogP contribution >= 0.6 is 0 Å². The highest BCUT2D eigenvalue weighted by atomic mass is 19.1. The zero-order chi connectivity index (χ0) is 17.0. The number of rotatable bonds is 1. The monoisotopic (exact) mass is 329 g/mol. The Hall–Kier alpha value is -3.52. The van der Waals surface area contributed by atoms with Gasteiger partial charge in [0.15, 0.2) is 12.0 Å². The summed E-state index contributed by atoms with van der Waals surface area (Å²) in [6.45, 7) is 0.286. The maximum absolute atomic E-state index is 15.4. The average Bonchev–Trinajstić information content (AvgIpc) is 3.21. The number of anilines is 3. The number of furan rings is 1. The molecule has 120 valence electrons. The van der Waals surface area contributed by atoms with E-state index in [4.69, 9.17) is 4.42 Å². The van der Waals surface area contributed by atoms with Gasteiger partial charge in [0.1, 0.15) is 17.8 Å². The number of halogens is 1. The fourth-order valence-electron chi connectivity index (χ4n) is 3.48. The van der Waals surface area contributed by atoms with Gasteiger partial charge in [0.2, 0.25) is 0 Å². The van der Waals surface area contributed by atoms with E-state index in [1.54, 1.807) is 17.0 Å². The molecule has 4 nitrogen and oxygen atoms in total. The number of nitriles is 1. The lowest BCUT2D eigenvalue weighted by Crippen LogP contribution is -2.24. The second-order valence-electron chi connectivity index (χ2n) is 5.96. The van der Waals surface area contributed by atoms with Crippen molar-refractivity contribution in [3.05, 3.63) is 66.5 Å². The van der Waals surface area contributed by atoms with Gasteiger partial charge in [-0.2, -0.15) is 5.26 Å². The van der Waals surface area contributed by atoms with Crippen molar-refractivity contribution < 1.29 is 8.81 Å². The minimum absolute atomic E-state index is 0.286. The molecule has 5 heteroatoms. The van der Waals surface area contributed by atoms with Crippen molar-refractivity contribution in [3.63, 3.8) is 0 Å². The first-order valence-electron chi connectivity index (χ1n) is 7.91. The van der Waals surface area contributed by atoms with Crippen LogP contribution in [0.3, 0.4) is 0 Å². The van der Waals surface area contributed by atoms with Crippen molar-refractivity contribution in [2.45, 2.75) is 0 Å². The maximum Gasteiger partial charge on any atom is 0.186 e. The maximum atomic E-state index is 15.4. The Morgan fingerprint density at radius 1 is 0.880 bits per heavy atom. The van der Waals surface area contributed by atoms with Crippen LogP contribution in [0, 0.1) is 17.3 Å².